The van der Waals surface area contributed by atoms with E-state index in [4.69, 9.17) is 9.47 Å². The molecule has 0 spiro atoms. The van der Waals surface area contributed by atoms with Gasteiger partial charge in [0.25, 0.3) is 5.56 Å². The van der Waals surface area contributed by atoms with Crippen molar-refractivity contribution in [1.29, 1.82) is 0 Å². The minimum absolute atomic E-state index is 0.0278. The van der Waals surface area contributed by atoms with Crippen LogP contribution in [-0.4, -0.2) is 27.4 Å². The van der Waals surface area contributed by atoms with Crippen LogP contribution in [0.25, 0.3) is 22.3 Å². The number of para-hydroxylation sites is 1. The molecule has 0 radical (unpaired) electrons. The summed E-state index contributed by atoms with van der Waals surface area (Å²) in [6.07, 6.45) is 1.38. The van der Waals surface area contributed by atoms with Crippen molar-refractivity contribution in [1.82, 2.24) is 9.66 Å². The highest BCUT2D eigenvalue weighted by molar-refractivity contribution is 5.84. The first kappa shape index (κ1) is 26.3. The summed E-state index contributed by atoms with van der Waals surface area (Å²) in [6.45, 7) is 4.15. The SMILES string of the molecule is CCOc1cc(C=Nn2c(-c3ccccc3)nc3ccccc3c2=O)cc([N+](=O)[O-])c1OCc1cccc(C)c1. The number of rotatable bonds is 9. The molecule has 4 aromatic carbocycles. The second kappa shape index (κ2) is 11.6. The number of aromatic nitrogens is 2. The van der Waals surface area contributed by atoms with E-state index in [1.165, 1.54) is 17.0 Å². The van der Waals surface area contributed by atoms with E-state index in [2.05, 4.69) is 10.1 Å². The van der Waals surface area contributed by atoms with E-state index >= 15 is 0 Å². The lowest BCUT2D eigenvalue weighted by atomic mass is 10.1. The standard InChI is InChI=1S/C31H26N4O5/c1-3-39-28-18-23(17-27(35(37)38)29(28)40-20-22-11-9-10-21(2)16-22)19-32-34-30(24-12-5-4-6-13-24)33-26-15-8-7-14-25(26)31(34)36/h4-19H,3,20H2,1-2H3. The molecule has 0 unspecified atom stereocenters. The van der Waals surface area contributed by atoms with Gasteiger partial charge in [-0.05, 0) is 37.6 Å². The Bertz CT molecular complexity index is 1780. The number of nitro benzene ring substituents is 1. The van der Waals surface area contributed by atoms with Gasteiger partial charge in [0.1, 0.15) is 6.61 Å². The first-order chi connectivity index (χ1) is 19.4. The highest BCUT2D eigenvalue weighted by atomic mass is 16.6. The number of nitrogens with zero attached hydrogens (tertiary/aromatic N) is 4. The van der Waals surface area contributed by atoms with Gasteiger partial charge in [-0.1, -0.05) is 72.3 Å². The van der Waals surface area contributed by atoms with Crippen molar-refractivity contribution in [3.05, 3.63) is 128 Å². The highest BCUT2D eigenvalue weighted by Crippen LogP contribution is 2.39. The van der Waals surface area contributed by atoms with Gasteiger partial charge in [0.05, 0.1) is 28.6 Å². The average Bonchev–Trinajstić information content (AvgIpc) is 2.96. The number of benzene rings is 4. The van der Waals surface area contributed by atoms with Crippen molar-refractivity contribution >= 4 is 22.8 Å². The van der Waals surface area contributed by atoms with Crippen LogP contribution in [0.3, 0.4) is 0 Å². The van der Waals surface area contributed by atoms with Crippen LogP contribution < -0.4 is 15.0 Å². The monoisotopic (exact) mass is 534 g/mol. The van der Waals surface area contributed by atoms with E-state index in [0.717, 1.165) is 11.1 Å². The maximum Gasteiger partial charge on any atom is 0.315 e. The van der Waals surface area contributed by atoms with E-state index in [1.807, 2.05) is 67.6 Å². The summed E-state index contributed by atoms with van der Waals surface area (Å²) >= 11 is 0. The Morgan fingerprint density at radius 3 is 2.50 bits per heavy atom. The predicted octanol–water partition coefficient (Wildman–Crippen LogP) is 6.14. The molecule has 9 heteroatoms. The second-order valence-electron chi connectivity index (χ2n) is 9.02. The van der Waals surface area contributed by atoms with Crippen molar-refractivity contribution in [2.45, 2.75) is 20.5 Å². The molecule has 0 amide bonds. The Labute approximate surface area is 230 Å². The molecule has 0 N–H and O–H groups in total. The molecule has 0 bridgehead atoms. The molecular formula is C31H26N4O5. The Morgan fingerprint density at radius 1 is 0.975 bits per heavy atom. The molecular weight excluding hydrogens is 508 g/mol. The number of aryl methyl sites for hydroxylation is 1. The third-order valence-corrected chi connectivity index (χ3v) is 6.13. The molecule has 5 aromatic rings. The van der Waals surface area contributed by atoms with Gasteiger partial charge in [0.2, 0.25) is 5.75 Å². The molecule has 0 aliphatic heterocycles. The lowest BCUT2D eigenvalue weighted by Gasteiger charge is -2.13. The number of hydrogen-bond donors (Lipinski definition) is 0. The zero-order valence-electron chi connectivity index (χ0n) is 22.0. The van der Waals surface area contributed by atoms with E-state index < -0.39 is 4.92 Å². The Morgan fingerprint density at radius 2 is 1.75 bits per heavy atom. The average molecular weight is 535 g/mol. The fourth-order valence-corrected chi connectivity index (χ4v) is 4.31. The fraction of sp³-hybridized carbons (Fsp3) is 0.129. The van der Waals surface area contributed by atoms with Gasteiger partial charge in [0.15, 0.2) is 11.6 Å². The van der Waals surface area contributed by atoms with Crippen molar-refractivity contribution in [3.8, 4) is 22.9 Å². The second-order valence-corrected chi connectivity index (χ2v) is 9.02. The van der Waals surface area contributed by atoms with Gasteiger partial charge in [0, 0.05) is 17.2 Å². The first-order valence-corrected chi connectivity index (χ1v) is 12.7. The Balaban J connectivity index is 1.58. The summed E-state index contributed by atoms with van der Waals surface area (Å²) in [5, 5.41) is 16.9. The van der Waals surface area contributed by atoms with Crippen LogP contribution in [0.4, 0.5) is 5.69 Å². The Hall–Kier alpha value is -5.31. The number of hydrogen-bond acceptors (Lipinski definition) is 7. The normalized spacial score (nSPS) is 11.2. The summed E-state index contributed by atoms with van der Waals surface area (Å²) < 4.78 is 12.8. The minimum Gasteiger partial charge on any atom is -0.490 e. The van der Waals surface area contributed by atoms with Crippen LogP contribution in [0.5, 0.6) is 11.5 Å². The maximum absolute atomic E-state index is 13.4. The van der Waals surface area contributed by atoms with Crippen molar-refractivity contribution in [2.24, 2.45) is 5.10 Å². The van der Waals surface area contributed by atoms with Crippen molar-refractivity contribution in [2.75, 3.05) is 6.61 Å². The number of ether oxygens (including phenoxy) is 2. The molecule has 9 nitrogen and oxygen atoms in total. The molecule has 1 heterocycles. The van der Waals surface area contributed by atoms with Gasteiger partial charge in [-0.3, -0.25) is 14.9 Å². The van der Waals surface area contributed by atoms with Crippen LogP contribution >= 0.6 is 0 Å². The largest absolute Gasteiger partial charge is 0.490 e. The molecule has 0 saturated carbocycles. The molecule has 40 heavy (non-hydrogen) atoms. The topological polar surface area (TPSA) is 109 Å². The molecule has 5 rings (SSSR count). The summed E-state index contributed by atoms with van der Waals surface area (Å²) in [5.41, 5.74) is 2.90. The molecule has 0 fully saturated rings. The van der Waals surface area contributed by atoms with Crippen LogP contribution in [0, 0.1) is 17.0 Å². The number of nitro groups is 1. The predicted molar refractivity (Wildman–Crippen MR) is 154 cm³/mol. The van der Waals surface area contributed by atoms with Gasteiger partial charge < -0.3 is 9.47 Å². The summed E-state index contributed by atoms with van der Waals surface area (Å²) in [7, 11) is 0. The van der Waals surface area contributed by atoms with Crippen LogP contribution in [0.1, 0.15) is 23.6 Å². The lowest BCUT2D eigenvalue weighted by molar-refractivity contribution is -0.386. The molecule has 0 saturated heterocycles. The van der Waals surface area contributed by atoms with Gasteiger partial charge in [-0.2, -0.15) is 9.78 Å². The van der Waals surface area contributed by atoms with E-state index in [1.54, 1.807) is 31.2 Å². The summed E-state index contributed by atoms with van der Waals surface area (Å²) in [5.74, 6) is 0.580. The lowest BCUT2D eigenvalue weighted by Crippen LogP contribution is -2.20. The summed E-state index contributed by atoms with van der Waals surface area (Å²) in [6, 6.07) is 26.9. The molecule has 200 valence electrons. The van der Waals surface area contributed by atoms with E-state index in [-0.39, 0.29) is 36.0 Å². The van der Waals surface area contributed by atoms with Crippen LogP contribution in [0.15, 0.2) is 101 Å². The zero-order chi connectivity index (χ0) is 28.1. The third-order valence-electron chi connectivity index (χ3n) is 6.13. The van der Waals surface area contributed by atoms with Crippen molar-refractivity contribution < 1.29 is 14.4 Å². The summed E-state index contributed by atoms with van der Waals surface area (Å²) in [4.78, 5) is 29.7. The van der Waals surface area contributed by atoms with Gasteiger partial charge in [-0.25, -0.2) is 4.98 Å². The Kier molecular flexibility index (Phi) is 7.63. The van der Waals surface area contributed by atoms with E-state index in [0.29, 0.717) is 27.9 Å². The quantitative estimate of drug-likeness (QED) is 0.128. The van der Waals surface area contributed by atoms with Gasteiger partial charge >= 0.3 is 5.69 Å². The first-order valence-electron chi connectivity index (χ1n) is 12.7. The van der Waals surface area contributed by atoms with Crippen LogP contribution in [0.2, 0.25) is 0 Å². The highest BCUT2D eigenvalue weighted by Gasteiger charge is 2.23. The van der Waals surface area contributed by atoms with Gasteiger partial charge in [-0.15, -0.1) is 0 Å². The zero-order valence-corrected chi connectivity index (χ0v) is 22.0. The maximum atomic E-state index is 13.4. The van der Waals surface area contributed by atoms with Crippen LogP contribution in [-0.2, 0) is 6.61 Å². The molecule has 0 aliphatic carbocycles. The molecule has 1 aromatic heterocycles. The number of fused-ring (bicyclic) bond motifs is 1. The van der Waals surface area contributed by atoms with Crippen molar-refractivity contribution in [3.63, 3.8) is 0 Å². The fourth-order valence-electron chi connectivity index (χ4n) is 4.31. The molecule has 0 aliphatic rings. The third kappa shape index (κ3) is 5.58. The molecule has 0 atom stereocenters. The van der Waals surface area contributed by atoms with E-state index in [9.17, 15) is 14.9 Å². The minimum atomic E-state index is -0.523. The smallest absolute Gasteiger partial charge is 0.315 e.